The number of hydrogen-bond donors (Lipinski definition) is 1. The SMILES string of the molecule is O=C(Nc1ccc(CSc2ccccc2)cc1)C1CCCN(S(=O)(=O)c2cccs2)C1. The van der Waals surface area contributed by atoms with Crippen LogP contribution in [0.25, 0.3) is 0 Å². The van der Waals surface area contributed by atoms with Crippen LogP contribution in [0.5, 0.6) is 0 Å². The molecule has 1 atom stereocenters. The minimum absolute atomic E-state index is 0.127. The molecule has 31 heavy (non-hydrogen) atoms. The summed E-state index contributed by atoms with van der Waals surface area (Å²) in [6, 6.07) is 21.4. The largest absolute Gasteiger partial charge is 0.326 e. The van der Waals surface area contributed by atoms with Gasteiger partial charge in [0.05, 0.1) is 5.92 Å². The Balaban J connectivity index is 1.33. The van der Waals surface area contributed by atoms with E-state index in [1.807, 2.05) is 42.5 Å². The quantitative estimate of drug-likeness (QED) is 0.487. The highest BCUT2D eigenvalue weighted by Crippen LogP contribution is 2.27. The van der Waals surface area contributed by atoms with E-state index in [1.165, 1.54) is 26.1 Å². The molecule has 1 aromatic heterocycles. The Bertz CT molecular complexity index is 1100. The van der Waals surface area contributed by atoms with Gasteiger partial charge >= 0.3 is 0 Å². The molecule has 0 bridgehead atoms. The number of amides is 1. The highest BCUT2D eigenvalue weighted by Gasteiger charge is 2.33. The molecule has 5 nitrogen and oxygen atoms in total. The lowest BCUT2D eigenvalue weighted by Crippen LogP contribution is -2.43. The third-order valence-corrected chi connectivity index (χ3v) is 9.54. The summed E-state index contributed by atoms with van der Waals surface area (Å²) in [6.07, 6.45) is 1.37. The summed E-state index contributed by atoms with van der Waals surface area (Å²) < 4.78 is 27.3. The number of anilines is 1. The van der Waals surface area contributed by atoms with Crippen molar-refractivity contribution in [1.82, 2.24) is 4.31 Å². The summed E-state index contributed by atoms with van der Waals surface area (Å²) in [5, 5.41) is 4.71. The van der Waals surface area contributed by atoms with Gasteiger partial charge in [0.1, 0.15) is 4.21 Å². The first-order valence-corrected chi connectivity index (χ1v) is 13.4. The minimum Gasteiger partial charge on any atom is -0.326 e. The number of piperidine rings is 1. The lowest BCUT2D eigenvalue weighted by atomic mass is 9.98. The molecule has 1 aliphatic heterocycles. The number of thiophene rings is 1. The molecule has 8 heteroatoms. The fourth-order valence-corrected chi connectivity index (χ4v) is 7.07. The van der Waals surface area contributed by atoms with E-state index in [0.29, 0.717) is 23.6 Å². The van der Waals surface area contributed by atoms with Gasteiger partial charge in [-0.2, -0.15) is 4.31 Å². The van der Waals surface area contributed by atoms with Crippen molar-refractivity contribution in [2.75, 3.05) is 18.4 Å². The number of nitrogens with zero attached hydrogens (tertiary/aromatic N) is 1. The van der Waals surface area contributed by atoms with E-state index >= 15 is 0 Å². The van der Waals surface area contributed by atoms with Crippen LogP contribution in [-0.2, 0) is 20.6 Å². The van der Waals surface area contributed by atoms with Crippen molar-refractivity contribution < 1.29 is 13.2 Å². The first kappa shape index (κ1) is 22.1. The number of nitrogens with one attached hydrogen (secondary N) is 1. The van der Waals surface area contributed by atoms with E-state index < -0.39 is 10.0 Å². The number of sulfonamides is 1. The zero-order valence-electron chi connectivity index (χ0n) is 16.9. The monoisotopic (exact) mass is 472 g/mol. The van der Waals surface area contributed by atoms with Crippen LogP contribution in [-0.4, -0.2) is 31.7 Å². The summed E-state index contributed by atoms with van der Waals surface area (Å²) >= 11 is 2.98. The van der Waals surface area contributed by atoms with E-state index in [-0.39, 0.29) is 18.4 Å². The van der Waals surface area contributed by atoms with Crippen molar-refractivity contribution in [3.8, 4) is 0 Å². The second kappa shape index (κ2) is 9.99. The van der Waals surface area contributed by atoms with Crippen LogP contribution in [0.4, 0.5) is 5.69 Å². The zero-order valence-corrected chi connectivity index (χ0v) is 19.4. The van der Waals surface area contributed by atoms with E-state index in [2.05, 4.69) is 17.4 Å². The standard InChI is InChI=1S/C23H24N2O3S3/c26-23(19-6-4-14-25(16-19)31(27,28)22-9-5-15-29-22)24-20-12-10-18(11-13-20)17-30-21-7-2-1-3-8-21/h1-3,5,7-13,15,19H,4,6,14,16-17H2,(H,24,26). The lowest BCUT2D eigenvalue weighted by molar-refractivity contribution is -0.120. The summed E-state index contributed by atoms with van der Waals surface area (Å²) in [6.45, 7) is 0.676. The number of carbonyl (C=O) groups excluding carboxylic acids is 1. The minimum atomic E-state index is -3.52. The molecular formula is C23H24N2O3S3. The summed E-state index contributed by atoms with van der Waals surface area (Å²) in [5.41, 5.74) is 1.91. The van der Waals surface area contributed by atoms with Gasteiger partial charge in [0.2, 0.25) is 5.91 Å². The number of hydrogen-bond acceptors (Lipinski definition) is 5. The number of benzene rings is 2. The Kier molecular flexibility index (Phi) is 7.12. The smallest absolute Gasteiger partial charge is 0.252 e. The first-order chi connectivity index (χ1) is 15.0. The predicted molar refractivity (Wildman–Crippen MR) is 127 cm³/mol. The van der Waals surface area contributed by atoms with Gasteiger partial charge in [0.25, 0.3) is 10.0 Å². The third-order valence-electron chi connectivity index (χ3n) is 5.21. The van der Waals surface area contributed by atoms with Gasteiger partial charge in [0.15, 0.2) is 0 Å². The molecule has 0 radical (unpaired) electrons. The van der Waals surface area contributed by atoms with Gasteiger partial charge in [-0.05, 0) is 54.1 Å². The lowest BCUT2D eigenvalue weighted by Gasteiger charge is -2.30. The maximum atomic E-state index is 12.8. The maximum Gasteiger partial charge on any atom is 0.252 e. The van der Waals surface area contributed by atoms with Gasteiger partial charge in [0, 0.05) is 29.4 Å². The average Bonchev–Trinajstić information content (AvgIpc) is 3.35. The number of thioether (sulfide) groups is 1. The normalized spacial score (nSPS) is 17.4. The van der Waals surface area contributed by atoms with Crippen molar-refractivity contribution in [2.45, 2.75) is 27.7 Å². The average molecular weight is 473 g/mol. The number of carbonyl (C=O) groups is 1. The van der Waals surface area contributed by atoms with Gasteiger partial charge in [-0.15, -0.1) is 23.1 Å². The van der Waals surface area contributed by atoms with Crippen LogP contribution in [0.1, 0.15) is 18.4 Å². The van der Waals surface area contributed by atoms with Crippen LogP contribution < -0.4 is 5.32 Å². The fourth-order valence-electron chi connectivity index (χ4n) is 3.52. The van der Waals surface area contributed by atoms with Crippen LogP contribution >= 0.6 is 23.1 Å². The van der Waals surface area contributed by atoms with Crippen molar-refractivity contribution in [3.63, 3.8) is 0 Å². The second-order valence-electron chi connectivity index (χ2n) is 7.42. The molecule has 1 fully saturated rings. The Morgan fingerprint density at radius 1 is 1.06 bits per heavy atom. The van der Waals surface area contributed by atoms with E-state index in [4.69, 9.17) is 0 Å². The molecule has 1 N–H and O–H groups in total. The summed E-state index contributed by atoms with van der Waals surface area (Å²) in [7, 11) is -3.52. The zero-order chi connectivity index (χ0) is 21.7. The van der Waals surface area contributed by atoms with Crippen LogP contribution in [0, 0.1) is 5.92 Å². The van der Waals surface area contributed by atoms with E-state index in [1.54, 1.807) is 29.3 Å². The van der Waals surface area contributed by atoms with Gasteiger partial charge < -0.3 is 5.32 Å². The molecule has 1 aliphatic rings. The van der Waals surface area contributed by atoms with Crippen LogP contribution in [0.15, 0.2) is 81.2 Å². The molecule has 1 unspecified atom stereocenters. The predicted octanol–water partition coefficient (Wildman–Crippen LogP) is 5.08. The molecule has 2 aromatic carbocycles. The fraction of sp³-hybridized carbons (Fsp3) is 0.261. The molecule has 3 aromatic rings. The van der Waals surface area contributed by atoms with Gasteiger partial charge in [-0.1, -0.05) is 36.4 Å². The maximum absolute atomic E-state index is 12.8. The molecule has 0 saturated carbocycles. The number of rotatable bonds is 7. The molecule has 1 saturated heterocycles. The Hall–Kier alpha value is -2.13. The van der Waals surface area contributed by atoms with Gasteiger partial charge in [-0.25, -0.2) is 8.42 Å². The molecule has 0 spiro atoms. The first-order valence-electron chi connectivity index (χ1n) is 10.1. The molecule has 2 heterocycles. The Labute approximate surface area is 191 Å². The topological polar surface area (TPSA) is 66.5 Å². The summed E-state index contributed by atoms with van der Waals surface area (Å²) in [5.74, 6) is 0.380. The van der Waals surface area contributed by atoms with E-state index in [0.717, 1.165) is 11.4 Å². The van der Waals surface area contributed by atoms with Crippen molar-refractivity contribution in [2.24, 2.45) is 5.92 Å². The highest BCUT2D eigenvalue weighted by molar-refractivity contribution is 7.98. The molecular weight excluding hydrogens is 448 g/mol. The van der Waals surface area contributed by atoms with Gasteiger partial charge in [-0.3, -0.25) is 4.79 Å². The van der Waals surface area contributed by atoms with Crippen LogP contribution in [0.2, 0.25) is 0 Å². The molecule has 1 amide bonds. The highest BCUT2D eigenvalue weighted by atomic mass is 32.2. The Morgan fingerprint density at radius 3 is 2.55 bits per heavy atom. The second-order valence-corrected chi connectivity index (χ2v) is 11.6. The molecule has 0 aliphatic carbocycles. The molecule has 162 valence electrons. The van der Waals surface area contributed by atoms with E-state index in [9.17, 15) is 13.2 Å². The third kappa shape index (κ3) is 5.57. The summed E-state index contributed by atoms with van der Waals surface area (Å²) in [4.78, 5) is 14.0. The Morgan fingerprint density at radius 2 is 1.84 bits per heavy atom. The van der Waals surface area contributed by atoms with Crippen LogP contribution in [0.3, 0.4) is 0 Å². The van der Waals surface area contributed by atoms with Crippen molar-refractivity contribution >= 4 is 44.7 Å². The molecule has 4 rings (SSSR count). The van der Waals surface area contributed by atoms with Crippen molar-refractivity contribution in [1.29, 1.82) is 0 Å². The van der Waals surface area contributed by atoms with Crippen molar-refractivity contribution in [3.05, 3.63) is 77.7 Å².